The van der Waals surface area contributed by atoms with Crippen LogP contribution < -0.4 is 0 Å². The van der Waals surface area contributed by atoms with E-state index in [2.05, 4.69) is 43.1 Å². The fraction of sp³-hybridized carbons (Fsp3) is 0.231. The van der Waals surface area contributed by atoms with Crippen molar-refractivity contribution < 1.29 is 9.90 Å². The predicted molar refractivity (Wildman–Crippen MR) is 119 cm³/mol. The van der Waals surface area contributed by atoms with Crippen LogP contribution in [0.5, 0.6) is 0 Å². The van der Waals surface area contributed by atoms with Gasteiger partial charge in [0.25, 0.3) is 5.91 Å². The maximum absolute atomic E-state index is 13.1. The molecule has 2 heterocycles. The predicted octanol–water partition coefficient (Wildman–Crippen LogP) is 5.57. The van der Waals surface area contributed by atoms with Crippen molar-refractivity contribution in [2.45, 2.75) is 39.3 Å². The molecule has 0 unspecified atom stereocenters. The van der Waals surface area contributed by atoms with E-state index in [0.717, 1.165) is 22.3 Å². The van der Waals surface area contributed by atoms with Crippen LogP contribution in [-0.2, 0) is 11.3 Å². The smallest absolute Gasteiger partial charge is 0.290 e. The minimum atomic E-state index is -0.360. The van der Waals surface area contributed by atoms with Crippen molar-refractivity contribution in [3.8, 4) is 0 Å². The van der Waals surface area contributed by atoms with Crippen molar-refractivity contribution in [1.29, 1.82) is 0 Å². The first kappa shape index (κ1) is 19.9. The first-order valence-electron chi connectivity index (χ1n) is 10.3. The number of benzene rings is 2. The Bertz CT molecular complexity index is 1070. The summed E-state index contributed by atoms with van der Waals surface area (Å²) in [6.07, 6.45) is 3.47. The number of carbonyl (C=O) groups excluding carboxylic acids is 1. The number of carbonyl (C=O) groups is 1. The molecule has 1 atom stereocenters. The van der Waals surface area contributed by atoms with Crippen LogP contribution in [0.25, 0.3) is 5.57 Å². The lowest BCUT2D eigenvalue weighted by Gasteiger charge is -2.27. The van der Waals surface area contributed by atoms with Crippen molar-refractivity contribution in [1.82, 2.24) is 9.88 Å². The third kappa shape index (κ3) is 3.73. The van der Waals surface area contributed by atoms with Gasteiger partial charge in [-0.05, 0) is 41.2 Å². The highest BCUT2D eigenvalue weighted by molar-refractivity contribution is 6.05. The maximum Gasteiger partial charge on any atom is 0.290 e. The van der Waals surface area contributed by atoms with Crippen LogP contribution in [0, 0.1) is 6.92 Å². The van der Waals surface area contributed by atoms with Crippen LogP contribution >= 0.6 is 0 Å². The average molecular weight is 399 g/mol. The molecule has 1 aliphatic heterocycles. The van der Waals surface area contributed by atoms with Gasteiger partial charge in [-0.3, -0.25) is 9.78 Å². The number of pyridine rings is 1. The van der Waals surface area contributed by atoms with Gasteiger partial charge in [0.1, 0.15) is 0 Å². The molecular weight excluding hydrogens is 372 g/mol. The number of aryl methyl sites for hydroxylation is 1. The second-order valence-electron chi connectivity index (χ2n) is 8.15. The first-order valence-corrected chi connectivity index (χ1v) is 10.3. The highest BCUT2D eigenvalue weighted by Crippen LogP contribution is 2.43. The Morgan fingerprint density at radius 3 is 2.33 bits per heavy atom. The number of aliphatic hydroxyl groups is 1. The minimum Gasteiger partial charge on any atom is -0.503 e. The van der Waals surface area contributed by atoms with E-state index in [1.807, 2.05) is 43.3 Å². The van der Waals surface area contributed by atoms with E-state index in [1.54, 1.807) is 17.3 Å². The normalized spacial score (nSPS) is 16.6. The van der Waals surface area contributed by atoms with Gasteiger partial charge in [0.15, 0.2) is 5.76 Å². The molecular formula is C26H26N2O2. The average Bonchev–Trinajstić information content (AvgIpc) is 3.00. The number of amides is 1. The topological polar surface area (TPSA) is 53.4 Å². The highest BCUT2D eigenvalue weighted by atomic mass is 16.3. The summed E-state index contributed by atoms with van der Waals surface area (Å²) >= 11 is 0. The molecule has 4 heteroatoms. The summed E-state index contributed by atoms with van der Waals surface area (Å²) in [7, 11) is 0. The zero-order valence-electron chi connectivity index (χ0n) is 17.5. The molecule has 0 saturated heterocycles. The standard InChI is InChI=1S/C26H26N2O2/c1-17(2)20-10-12-22(13-11-20)24-23(21-8-6-18(3)7-9-21)25(29)26(30)28(24)16-19-5-4-14-27-15-19/h4-15,17,24,29H,16H2,1-3H3/t24-/m0/s1. The molecule has 0 radical (unpaired) electrons. The molecule has 0 aliphatic carbocycles. The molecule has 0 spiro atoms. The fourth-order valence-electron chi connectivity index (χ4n) is 3.94. The Morgan fingerprint density at radius 1 is 1.03 bits per heavy atom. The molecule has 0 fully saturated rings. The SMILES string of the molecule is Cc1ccc(C2=C(O)C(=O)N(Cc3cccnc3)[C@H]2c2ccc(C(C)C)cc2)cc1. The molecule has 1 amide bonds. The van der Waals surface area contributed by atoms with Crippen molar-refractivity contribution in [2.24, 2.45) is 0 Å². The largest absolute Gasteiger partial charge is 0.503 e. The van der Waals surface area contributed by atoms with Gasteiger partial charge in [0, 0.05) is 24.5 Å². The number of aliphatic hydroxyl groups excluding tert-OH is 1. The highest BCUT2D eigenvalue weighted by Gasteiger charge is 2.41. The zero-order chi connectivity index (χ0) is 21.3. The summed E-state index contributed by atoms with van der Waals surface area (Å²) in [6.45, 7) is 6.72. The van der Waals surface area contributed by atoms with Crippen LogP contribution in [0.3, 0.4) is 0 Å². The number of rotatable bonds is 5. The summed E-state index contributed by atoms with van der Waals surface area (Å²) in [5, 5.41) is 10.9. The lowest BCUT2D eigenvalue weighted by molar-refractivity contribution is -0.130. The van der Waals surface area contributed by atoms with Crippen LogP contribution in [0.2, 0.25) is 0 Å². The Morgan fingerprint density at radius 2 is 1.73 bits per heavy atom. The first-order chi connectivity index (χ1) is 14.5. The molecule has 0 bridgehead atoms. The van der Waals surface area contributed by atoms with Gasteiger partial charge in [-0.1, -0.05) is 74.0 Å². The van der Waals surface area contributed by atoms with Gasteiger partial charge in [-0.15, -0.1) is 0 Å². The van der Waals surface area contributed by atoms with E-state index in [0.29, 0.717) is 18.0 Å². The summed E-state index contributed by atoms with van der Waals surface area (Å²) < 4.78 is 0. The van der Waals surface area contributed by atoms with E-state index in [4.69, 9.17) is 0 Å². The van der Waals surface area contributed by atoms with Crippen molar-refractivity contribution >= 4 is 11.5 Å². The Hall–Kier alpha value is -3.40. The van der Waals surface area contributed by atoms with Gasteiger partial charge in [0.05, 0.1) is 6.04 Å². The molecule has 152 valence electrons. The van der Waals surface area contributed by atoms with Gasteiger partial charge in [-0.2, -0.15) is 0 Å². The summed E-state index contributed by atoms with van der Waals surface area (Å²) in [5.74, 6) is -0.107. The molecule has 2 aromatic carbocycles. The number of nitrogens with zero attached hydrogens (tertiary/aromatic N) is 2. The monoisotopic (exact) mass is 398 g/mol. The Kier molecular flexibility index (Phi) is 5.40. The van der Waals surface area contributed by atoms with Crippen LogP contribution in [0.1, 0.15) is 53.6 Å². The quantitative estimate of drug-likeness (QED) is 0.612. The van der Waals surface area contributed by atoms with E-state index < -0.39 is 0 Å². The lowest BCUT2D eigenvalue weighted by atomic mass is 9.91. The molecule has 1 aromatic heterocycles. The Balaban J connectivity index is 1.80. The zero-order valence-corrected chi connectivity index (χ0v) is 17.5. The lowest BCUT2D eigenvalue weighted by Crippen LogP contribution is -2.29. The molecule has 1 aliphatic rings. The van der Waals surface area contributed by atoms with Crippen molar-refractivity contribution in [3.05, 3.63) is 107 Å². The summed E-state index contributed by atoms with van der Waals surface area (Å²) in [5.41, 5.74) is 5.79. The van der Waals surface area contributed by atoms with Gasteiger partial charge < -0.3 is 10.0 Å². The van der Waals surface area contributed by atoms with Crippen molar-refractivity contribution in [3.63, 3.8) is 0 Å². The fourth-order valence-corrected chi connectivity index (χ4v) is 3.94. The summed E-state index contributed by atoms with van der Waals surface area (Å²) in [4.78, 5) is 19.0. The maximum atomic E-state index is 13.1. The molecule has 4 nitrogen and oxygen atoms in total. The molecule has 30 heavy (non-hydrogen) atoms. The molecule has 1 N–H and O–H groups in total. The number of aromatic nitrogens is 1. The van der Waals surface area contributed by atoms with Gasteiger partial charge in [-0.25, -0.2) is 0 Å². The summed E-state index contributed by atoms with van der Waals surface area (Å²) in [6, 6.07) is 19.7. The number of hydrogen-bond acceptors (Lipinski definition) is 3. The van der Waals surface area contributed by atoms with E-state index in [1.165, 1.54) is 5.56 Å². The van der Waals surface area contributed by atoms with E-state index >= 15 is 0 Å². The Labute approximate surface area is 177 Å². The van der Waals surface area contributed by atoms with E-state index in [-0.39, 0.29) is 17.7 Å². The van der Waals surface area contributed by atoms with Crippen molar-refractivity contribution in [2.75, 3.05) is 0 Å². The van der Waals surface area contributed by atoms with Gasteiger partial charge in [0.2, 0.25) is 0 Å². The van der Waals surface area contributed by atoms with E-state index in [9.17, 15) is 9.90 Å². The molecule has 0 saturated carbocycles. The molecule has 3 aromatic rings. The van der Waals surface area contributed by atoms with Gasteiger partial charge >= 0.3 is 0 Å². The molecule has 4 rings (SSSR count). The second kappa shape index (κ2) is 8.15. The second-order valence-corrected chi connectivity index (χ2v) is 8.15. The van der Waals surface area contributed by atoms with Crippen LogP contribution in [0.15, 0.2) is 78.8 Å². The third-order valence-electron chi connectivity index (χ3n) is 5.66. The minimum absolute atomic E-state index is 0.180. The van der Waals surface area contributed by atoms with Crippen LogP contribution in [-0.4, -0.2) is 20.9 Å². The van der Waals surface area contributed by atoms with Crippen LogP contribution in [0.4, 0.5) is 0 Å². The third-order valence-corrected chi connectivity index (χ3v) is 5.66. The number of hydrogen-bond donors (Lipinski definition) is 1.